The predicted molar refractivity (Wildman–Crippen MR) is 141 cm³/mol. The van der Waals surface area contributed by atoms with Gasteiger partial charge >= 0.3 is 0 Å². The van der Waals surface area contributed by atoms with Gasteiger partial charge in [-0.05, 0) is 41.9 Å². The van der Waals surface area contributed by atoms with Crippen LogP contribution in [0.3, 0.4) is 0 Å². The third kappa shape index (κ3) is 3.61. The molecule has 0 unspecified atom stereocenters. The highest BCUT2D eigenvalue weighted by Crippen LogP contribution is 2.51. The summed E-state index contributed by atoms with van der Waals surface area (Å²) >= 11 is 12.7. The van der Waals surface area contributed by atoms with E-state index in [1.165, 1.54) is 17.5 Å². The molecule has 0 amide bonds. The van der Waals surface area contributed by atoms with Gasteiger partial charge in [0.15, 0.2) is 5.65 Å². The highest BCUT2D eigenvalue weighted by atomic mass is 35.5. The minimum atomic E-state index is -4.14. The summed E-state index contributed by atoms with van der Waals surface area (Å²) < 4.78 is 27.3. The first kappa shape index (κ1) is 23.7. The number of primary sulfonamides is 1. The Labute approximate surface area is 218 Å². The molecule has 186 valence electrons. The van der Waals surface area contributed by atoms with E-state index in [9.17, 15) is 8.42 Å². The number of benzene rings is 2. The second-order valence-electron chi connectivity index (χ2n) is 9.59. The molecule has 36 heavy (non-hydrogen) atoms. The maximum atomic E-state index is 12.8. The Hall–Kier alpha value is -2.69. The number of sulfonamides is 1. The lowest BCUT2D eigenvalue weighted by atomic mass is 9.73. The molecule has 1 fully saturated rings. The van der Waals surface area contributed by atoms with E-state index in [0.29, 0.717) is 35.1 Å². The summed E-state index contributed by atoms with van der Waals surface area (Å²) in [5.74, 6) is 0.604. The summed E-state index contributed by atoms with van der Waals surface area (Å²) in [6.45, 7) is 1.38. The van der Waals surface area contributed by atoms with Crippen LogP contribution in [0.2, 0.25) is 10.0 Å². The average Bonchev–Trinajstić information content (AvgIpc) is 3.44. The smallest absolute Gasteiger partial charge is 0.238 e. The summed E-state index contributed by atoms with van der Waals surface area (Å²) in [5.41, 5.74) is 10.3. The molecule has 2 aliphatic rings. The normalized spacial score (nSPS) is 19.2. The lowest BCUT2D eigenvalue weighted by Crippen LogP contribution is -2.45. The molecule has 1 spiro atoms. The topological polar surface area (TPSA) is 120 Å². The fourth-order valence-corrected chi connectivity index (χ4v) is 6.98. The first-order chi connectivity index (χ1) is 17.2. The van der Waals surface area contributed by atoms with E-state index in [4.69, 9.17) is 34.1 Å². The van der Waals surface area contributed by atoms with Crippen LogP contribution in [0.15, 0.2) is 59.8 Å². The molecule has 2 aromatic carbocycles. The summed E-state index contributed by atoms with van der Waals surface area (Å²) in [6.07, 6.45) is 4.07. The van der Waals surface area contributed by atoms with Crippen molar-refractivity contribution in [3.8, 4) is 11.1 Å². The Balaban J connectivity index is 1.43. The Morgan fingerprint density at radius 3 is 2.53 bits per heavy atom. The largest absolute Gasteiger partial charge is 0.356 e. The standard InChI is InChI=1S/C25H24Cl2N6O2S/c26-18-7-3-6-17(22(18)27)21-19(36(29,34)35)12-20(33-24(21)30-14-31-33)32-10-8-25(9-11-32)13-15-4-1-2-5-16(15)23(25)28/h1-7,12,14,23H,8-11,13,28H2,(H2,29,34,35)/t23-/m1/s1. The van der Waals surface area contributed by atoms with Crippen molar-refractivity contribution in [2.24, 2.45) is 16.3 Å². The zero-order valence-electron chi connectivity index (χ0n) is 19.2. The van der Waals surface area contributed by atoms with E-state index in [0.717, 1.165) is 19.3 Å². The highest BCUT2D eigenvalue weighted by Gasteiger charge is 2.46. The van der Waals surface area contributed by atoms with Crippen LogP contribution in [0.5, 0.6) is 0 Å². The van der Waals surface area contributed by atoms with E-state index in [1.54, 1.807) is 28.8 Å². The third-order valence-electron chi connectivity index (χ3n) is 7.70. The van der Waals surface area contributed by atoms with Crippen LogP contribution in [-0.4, -0.2) is 36.1 Å². The predicted octanol–water partition coefficient (Wildman–Crippen LogP) is 4.19. The minimum absolute atomic E-state index is 0.0152. The molecule has 1 aliphatic carbocycles. The van der Waals surface area contributed by atoms with Crippen LogP contribution in [0.25, 0.3) is 16.8 Å². The number of aromatic nitrogens is 3. The maximum Gasteiger partial charge on any atom is 0.238 e. The van der Waals surface area contributed by atoms with Gasteiger partial charge in [0.25, 0.3) is 0 Å². The number of fused-ring (bicyclic) bond motifs is 2. The Kier molecular flexibility index (Phi) is 5.55. The number of nitrogens with zero attached hydrogens (tertiary/aromatic N) is 4. The Morgan fingerprint density at radius 1 is 1.06 bits per heavy atom. The first-order valence-electron chi connectivity index (χ1n) is 11.6. The number of rotatable bonds is 3. The van der Waals surface area contributed by atoms with Crippen LogP contribution in [-0.2, 0) is 16.4 Å². The van der Waals surface area contributed by atoms with Crippen molar-refractivity contribution in [1.82, 2.24) is 14.6 Å². The van der Waals surface area contributed by atoms with Gasteiger partial charge in [-0.1, -0.05) is 59.6 Å². The number of anilines is 1. The zero-order chi connectivity index (χ0) is 25.2. The number of halogens is 2. The van der Waals surface area contributed by atoms with Crippen molar-refractivity contribution in [3.05, 3.63) is 76.0 Å². The highest BCUT2D eigenvalue weighted by molar-refractivity contribution is 7.89. The molecule has 4 N–H and O–H groups in total. The van der Waals surface area contributed by atoms with E-state index < -0.39 is 10.0 Å². The third-order valence-corrected chi connectivity index (χ3v) is 9.45. The zero-order valence-corrected chi connectivity index (χ0v) is 21.6. The monoisotopic (exact) mass is 542 g/mol. The van der Waals surface area contributed by atoms with E-state index in [2.05, 4.69) is 33.2 Å². The van der Waals surface area contributed by atoms with Crippen molar-refractivity contribution in [1.29, 1.82) is 0 Å². The van der Waals surface area contributed by atoms with Gasteiger partial charge in [0.1, 0.15) is 12.1 Å². The molecule has 1 atom stereocenters. The van der Waals surface area contributed by atoms with Crippen molar-refractivity contribution in [3.63, 3.8) is 0 Å². The van der Waals surface area contributed by atoms with Gasteiger partial charge in [-0.15, -0.1) is 0 Å². The van der Waals surface area contributed by atoms with Crippen LogP contribution < -0.4 is 15.8 Å². The molecular formula is C25H24Cl2N6O2S. The van der Waals surface area contributed by atoms with Crippen molar-refractivity contribution in [2.75, 3.05) is 18.0 Å². The Morgan fingerprint density at radius 2 is 1.81 bits per heavy atom. The molecule has 11 heteroatoms. The number of hydrogen-bond acceptors (Lipinski definition) is 6. The SMILES string of the molecule is N[C@@H]1c2ccccc2CC12CCN(c1cc(S(N)(=O)=O)c(-c3cccc(Cl)c3Cl)c3ncnn13)CC2. The first-order valence-corrected chi connectivity index (χ1v) is 13.9. The Bertz CT molecular complexity index is 1610. The second kappa shape index (κ2) is 8.43. The van der Waals surface area contributed by atoms with Gasteiger partial charge in [0.05, 0.1) is 14.9 Å². The summed E-state index contributed by atoms with van der Waals surface area (Å²) in [4.78, 5) is 6.44. The second-order valence-corrected chi connectivity index (χ2v) is 11.9. The van der Waals surface area contributed by atoms with Gasteiger partial charge < -0.3 is 10.6 Å². The van der Waals surface area contributed by atoms with Gasteiger partial charge in [-0.3, -0.25) is 0 Å². The molecular weight excluding hydrogens is 519 g/mol. The minimum Gasteiger partial charge on any atom is -0.356 e. The van der Waals surface area contributed by atoms with Crippen LogP contribution in [0.1, 0.15) is 30.0 Å². The van der Waals surface area contributed by atoms with Gasteiger partial charge in [-0.2, -0.15) is 9.61 Å². The number of hydrogen-bond donors (Lipinski definition) is 2. The molecule has 4 aromatic rings. The van der Waals surface area contributed by atoms with E-state index in [1.807, 2.05) is 6.07 Å². The summed E-state index contributed by atoms with van der Waals surface area (Å²) in [6, 6.07) is 14.9. The van der Waals surface area contributed by atoms with Crippen LogP contribution in [0, 0.1) is 5.41 Å². The van der Waals surface area contributed by atoms with Crippen molar-refractivity contribution < 1.29 is 8.42 Å². The average molecular weight is 543 g/mol. The van der Waals surface area contributed by atoms with Crippen LogP contribution >= 0.6 is 23.2 Å². The van der Waals surface area contributed by atoms with Gasteiger partial charge in [-0.25, -0.2) is 18.5 Å². The molecule has 0 saturated carbocycles. The lowest BCUT2D eigenvalue weighted by Gasteiger charge is -2.43. The quantitative estimate of drug-likeness (QED) is 0.400. The van der Waals surface area contributed by atoms with Crippen LogP contribution in [0.4, 0.5) is 5.82 Å². The number of piperidine rings is 1. The van der Waals surface area contributed by atoms with E-state index >= 15 is 0 Å². The molecule has 1 aliphatic heterocycles. The fraction of sp³-hybridized carbons (Fsp3) is 0.280. The van der Waals surface area contributed by atoms with Crippen molar-refractivity contribution >= 4 is 44.7 Å². The molecule has 6 rings (SSSR count). The molecule has 3 heterocycles. The fourth-order valence-electron chi connectivity index (χ4n) is 5.83. The number of nitrogens with two attached hydrogens (primary N) is 2. The van der Waals surface area contributed by atoms with Crippen molar-refractivity contribution in [2.45, 2.75) is 30.2 Å². The lowest BCUT2D eigenvalue weighted by molar-refractivity contribution is 0.187. The maximum absolute atomic E-state index is 12.8. The van der Waals surface area contributed by atoms with E-state index in [-0.39, 0.29) is 26.9 Å². The summed E-state index contributed by atoms with van der Waals surface area (Å²) in [7, 11) is -4.14. The van der Waals surface area contributed by atoms with Gasteiger partial charge in [0.2, 0.25) is 10.0 Å². The molecule has 1 saturated heterocycles. The molecule has 0 bridgehead atoms. The molecule has 0 radical (unpaired) electrons. The molecule has 2 aromatic heterocycles. The molecule has 8 nitrogen and oxygen atoms in total. The summed E-state index contributed by atoms with van der Waals surface area (Å²) in [5, 5.41) is 10.6. The number of pyridine rings is 1. The van der Waals surface area contributed by atoms with Gasteiger partial charge in [0, 0.05) is 36.3 Å².